The fourth-order valence-electron chi connectivity index (χ4n) is 0.563. The van der Waals surface area contributed by atoms with Crippen LogP contribution in [0.3, 0.4) is 0 Å². The third-order valence-electron chi connectivity index (χ3n) is 0.973. The molecule has 0 aromatic carbocycles. The quantitative estimate of drug-likeness (QED) is 0.789. The molecule has 5 heteroatoms. The van der Waals surface area contributed by atoms with E-state index >= 15 is 0 Å². The first-order valence-corrected chi connectivity index (χ1v) is 4.08. The van der Waals surface area contributed by atoms with Gasteiger partial charge in [0.05, 0.1) is 0 Å². The first-order valence-electron chi connectivity index (χ1n) is 2.47. The van der Waals surface area contributed by atoms with Crippen molar-refractivity contribution in [1.29, 1.82) is 0 Å². The lowest BCUT2D eigenvalue weighted by atomic mass is 10.4. The summed E-state index contributed by atoms with van der Waals surface area (Å²) in [6.07, 6.45) is 0. The van der Waals surface area contributed by atoms with Gasteiger partial charge in [0.2, 0.25) is 0 Å². The second-order valence-corrected chi connectivity index (χ2v) is 4.16. The molecule has 0 saturated carbocycles. The van der Waals surface area contributed by atoms with Crippen molar-refractivity contribution in [3.8, 4) is 0 Å². The highest BCUT2D eigenvalue weighted by molar-refractivity contribution is 9.11. The maximum atomic E-state index is 10.4. The molecule has 0 atom stereocenters. The van der Waals surface area contributed by atoms with Crippen LogP contribution in [-0.2, 0) is 0 Å². The van der Waals surface area contributed by atoms with Gasteiger partial charge in [-0.05, 0) is 22.9 Å². The van der Waals surface area contributed by atoms with Crippen LogP contribution in [0.2, 0.25) is 0 Å². The maximum absolute atomic E-state index is 10.4. The average Bonchev–Trinajstić information content (AvgIpc) is 2.10. The van der Waals surface area contributed by atoms with Crippen LogP contribution in [0.1, 0.15) is 15.4 Å². The SMILES string of the molecule is Cc1sc(Br)nc1C(=O)O. The summed E-state index contributed by atoms with van der Waals surface area (Å²) in [4.78, 5) is 14.8. The smallest absolute Gasteiger partial charge is 0.355 e. The molecule has 54 valence electrons. The van der Waals surface area contributed by atoms with Crippen LogP contribution in [0, 0.1) is 6.92 Å². The summed E-state index contributed by atoms with van der Waals surface area (Å²) in [6.45, 7) is 1.73. The van der Waals surface area contributed by atoms with Crippen LogP contribution in [0.15, 0.2) is 3.92 Å². The Labute approximate surface area is 69.8 Å². The number of carboxylic acids is 1. The van der Waals surface area contributed by atoms with Crippen molar-refractivity contribution in [3.05, 3.63) is 14.5 Å². The van der Waals surface area contributed by atoms with Crippen LogP contribution in [0.4, 0.5) is 0 Å². The van der Waals surface area contributed by atoms with Crippen LogP contribution in [-0.4, -0.2) is 16.1 Å². The zero-order chi connectivity index (χ0) is 7.72. The Morgan fingerprint density at radius 2 is 2.40 bits per heavy atom. The van der Waals surface area contributed by atoms with Crippen LogP contribution >= 0.6 is 27.3 Å². The summed E-state index contributed by atoms with van der Waals surface area (Å²) >= 11 is 4.42. The maximum Gasteiger partial charge on any atom is 0.355 e. The molecule has 3 nitrogen and oxygen atoms in total. The minimum absolute atomic E-state index is 0.136. The Kier molecular flexibility index (Phi) is 2.05. The van der Waals surface area contributed by atoms with Gasteiger partial charge in [-0.2, -0.15) is 0 Å². The number of aromatic nitrogens is 1. The summed E-state index contributed by atoms with van der Waals surface area (Å²) in [7, 11) is 0. The summed E-state index contributed by atoms with van der Waals surface area (Å²) in [5, 5.41) is 8.50. The van der Waals surface area contributed by atoms with Crippen molar-refractivity contribution < 1.29 is 9.90 Å². The molecule has 0 fully saturated rings. The van der Waals surface area contributed by atoms with Crippen molar-refractivity contribution in [2.45, 2.75) is 6.92 Å². The summed E-state index contributed by atoms with van der Waals surface area (Å²) in [5.74, 6) is -0.973. The number of hydrogen-bond donors (Lipinski definition) is 1. The van der Waals surface area contributed by atoms with E-state index in [9.17, 15) is 4.79 Å². The number of halogens is 1. The average molecular weight is 222 g/mol. The zero-order valence-corrected chi connectivity index (χ0v) is 7.49. The predicted octanol–water partition coefficient (Wildman–Crippen LogP) is 1.91. The first kappa shape index (κ1) is 7.68. The molecular formula is C5H4BrNO2S. The zero-order valence-electron chi connectivity index (χ0n) is 5.09. The van der Waals surface area contributed by atoms with Gasteiger partial charge in [-0.1, -0.05) is 0 Å². The van der Waals surface area contributed by atoms with Gasteiger partial charge in [-0.25, -0.2) is 9.78 Å². The molecule has 0 radical (unpaired) electrons. The van der Waals surface area contributed by atoms with E-state index in [1.54, 1.807) is 6.92 Å². The van der Waals surface area contributed by atoms with Gasteiger partial charge in [-0.15, -0.1) is 11.3 Å². The second-order valence-electron chi connectivity index (χ2n) is 1.68. The van der Waals surface area contributed by atoms with Crippen molar-refractivity contribution in [2.75, 3.05) is 0 Å². The Bertz CT molecular complexity index is 271. The van der Waals surface area contributed by atoms with Gasteiger partial charge in [0.15, 0.2) is 9.61 Å². The van der Waals surface area contributed by atoms with E-state index in [1.165, 1.54) is 11.3 Å². The van der Waals surface area contributed by atoms with Crippen molar-refractivity contribution in [2.24, 2.45) is 0 Å². The monoisotopic (exact) mass is 221 g/mol. The summed E-state index contributed by atoms with van der Waals surface area (Å²) in [5.41, 5.74) is 0.136. The van der Waals surface area contributed by atoms with E-state index in [4.69, 9.17) is 5.11 Å². The number of hydrogen-bond acceptors (Lipinski definition) is 3. The van der Waals surface area contributed by atoms with Gasteiger partial charge in [0, 0.05) is 4.88 Å². The van der Waals surface area contributed by atoms with Gasteiger partial charge in [-0.3, -0.25) is 0 Å². The first-order chi connectivity index (χ1) is 4.61. The van der Waals surface area contributed by atoms with E-state index in [0.717, 1.165) is 4.88 Å². The molecule has 0 unspecified atom stereocenters. The number of carboxylic acid groups (broad SMARTS) is 1. The number of carbonyl (C=O) groups is 1. The standard InChI is InChI=1S/C5H4BrNO2S/c1-2-3(4(8)9)7-5(6)10-2/h1H3,(H,8,9). The molecule has 0 aliphatic heterocycles. The molecule has 10 heavy (non-hydrogen) atoms. The number of thiazole rings is 1. The Morgan fingerprint density at radius 3 is 2.60 bits per heavy atom. The fourth-order valence-corrected chi connectivity index (χ4v) is 2.09. The normalized spacial score (nSPS) is 9.80. The highest BCUT2D eigenvalue weighted by Crippen LogP contribution is 2.21. The molecule has 0 bridgehead atoms. The largest absolute Gasteiger partial charge is 0.476 e. The molecule has 0 amide bonds. The van der Waals surface area contributed by atoms with Gasteiger partial charge < -0.3 is 5.11 Å². The molecule has 0 aliphatic carbocycles. The Balaban J connectivity index is 3.15. The molecule has 1 heterocycles. The lowest BCUT2D eigenvalue weighted by Gasteiger charge is -1.84. The Morgan fingerprint density at radius 1 is 1.80 bits per heavy atom. The molecule has 1 aromatic rings. The number of aryl methyl sites for hydroxylation is 1. The van der Waals surface area contributed by atoms with Crippen molar-refractivity contribution >= 4 is 33.2 Å². The molecule has 1 aromatic heterocycles. The molecule has 0 saturated heterocycles. The number of aromatic carboxylic acids is 1. The van der Waals surface area contributed by atoms with E-state index in [0.29, 0.717) is 3.92 Å². The molecule has 0 spiro atoms. The highest BCUT2D eigenvalue weighted by atomic mass is 79.9. The van der Waals surface area contributed by atoms with Crippen LogP contribution < -0.4 is 0 Å². The van der Waals surface area contributed by atoms with Gasteiger partial charge >= 0.3 is 5.97 Å². The van der Waals surface area contributed by atoms with E-state index in [-0.39, 0.29) is 5.69 Å². The number of nitrogens with zero attached hydrogens (tertiary/aromatic N) is 1. The van der Waals surface area contributed by atoms with E-state index < -0.39 is 5.97 Å². The number of rotatable bonds is 1. The van der Waals surface area contributed by atoms with E-state index in [1.807, 2.05) is 0 Å². The van der Waals surface area contributed by atoms with Crippen molar-refractivity contribution in [3.63, 3.8) is 0 Å². The third-order valence-corrected chi connectivity index (χ3v) is 2.40. The van der Waals surface area contributed by atoms with Crippen molar-refractivity contribution in [1.82, 2.24) is 4.98 Å². The summed E-state index contributed by atoms with van der Waals surface area (Å²) in [6, 6.07) is 0. The van der Waals surface area contributed by atoms with Gasteiger partial charge in [0.1, 0.15) is 0 Å². The highest BCUT2D eigenvalue weighted by Gasteiger charge is 2.11. The minimum atomic E-state index is -0.973. The minimum Gasteiger partial charge on any atom is -0.476 e. The predicted molar refractivity (Wildman–Crippen MR) is 41.5 cm³/mol. The molecule has 0 aliphatic rings. The topological polar surface area (TPSA) is 50.2 Å². The van der Waals surface area contributed by atoms with Crippen LogP contribution in [0.25, 0.3) is 0 Å². The lowest BCUT2D eigenvalue weighted by molar-refractivity contribution is 0.0690. The molecular weight excluding hydrogens is 218 g/mol. The van der Waals surface area contributed by atoms with Gasteiger partial charge in [0.25, 0.3) is 0 Å². The second kappa shape index (κ2) is 2.67. The van der Waals surface area contributed by atoms with Crippen LogP contribution in [0.5, 0.6) is 0 Å². The molecule has 1 rings (SSSR count). The third kappa shape index (κ3) is 1.35. The lowest BCUT2D eigenvalue weighted by Crippen LogP contribution is -1.97. The summed E-state index contributed by atoms with van der Waals surface area (Å²) < 4.78 is 0.613. The fraction of sp³-hybridized carbons (Fsp3) is 0.200. The Hall–Kier alpha value is -0.420. The van der Waals surface area contributed by atoms with E-state index in [2.05, 4.69) is 20.9 Å². The molecule has 1 N–H and O–H groups in total.